The van der Waals surface area contributed by atoms with Gasteiger partial charge in [-0.2, -0.15) is 0 Å². The van der Waals surface area contributed by atoms with Crippen molar-refractivity contribution >= 4 is 43.7 Å². The van der Waals surface area contributed by atoms with Crippen molar-refractivity contribution in [1.82, 2.24) is 14.1 Å². The molecule has 8 aromatic rings. The summed E-state index contributed by atoms with van der Waals surface area (Å²) >= 11 is 0. The Labute approximate surface area is 219 Å². The van der Waals surface area contributed by atoms with Gasteiger partial charge in [0.25, 0.3) is 0 Å². The van der Waals surface area contributed by atoms with Gasteiger partial charge >= 0.3 is 0 Å². The summed E-state index contributed by atoms with van der Waals surface area (Å²) in [6, 6.07) is 47.4. The molecule has 0 amide bonds. The molecule has 0 radical (unpaired) electrons. The molecule has 3 heterocycles. The summed E-state index contributed by atoms with van der Waals surface area (Å²) in [5.41, 5.74) is 10.4. The maximum Gasteiger partial charge on any atom is 0.0969 e. The van der Waals surface area contributed by atoms with Crippen molar-refractivity contribution in [2.24, 2.45) is 0 Å². The topological polar surface area (TPSA) is 22.8 Å². The Hall–Kier alpha value is -5.15. The van der Waals surface area contributed by atoms with Crippen LogP contribution in [-0.4, -0.2) is 14.1 Å². The largest absolute Gasteiger partial charge is 0.309 e. The van der Waals surface area contributed by atoms with Crippen LogP contribution in [-0.2, 0) is 0 Å². The van der Waals surface area contributed by atoms with Gasteiger partial charge in [0.15, 0.2) is 0 Å². The Morgan fingerprint density at radius 1 is 0.395 bits per heavy atom. The highest BCUT2D eigenvalue weighted by atomic mass is 15.0. The van der Waals surface area contributed by atoms with E-state index in [1.807, 2.05) is 12.3 Å². The number of pyridine rings is 1. The summed E-state index contributed by atoms with van der Waals surface area (Å²) in [5.74, 6) is 0. The van der Waals surface area contributed by atoms with Crippen LogP contribution in [0.25, 0.3) is 66.2 Å². The van der Waals surface area contributed by atoms with Crippen molar-refractivity contribution in [2.45, 2.75) is 0 Å². The molecule has 0 saturated heterocycles. The molecular weight excluding hydrogens is 462 g/mol. The number of hydrogen-bond acceptors (Lipinski definition) is 1. The summed E-state index contributed by atoms with van der Waals surface area (Å²) in [4.78, 5) is 4.91. The molecule has 3 aromatic heterocycles. The van der Waals surface area contributed by atoms with E-state index in [0.717, 1.165) is 27.9 Å². The molecule has 0 bridgehead atoms. The van der Waals surface area contributed by atoms with Gasteiger partial charge in [0.1, 0.15) is 0 Å². The average molecular weight is 486 g/mol. The van der Waals surface area contributed by atoms with Gasteiger partial charge in [-0.05, 0) is 65.7 Å². The number of benzene rings is 5. The second-order valence-corrected chi connectivity index (χ2v) is 9.63. The van der Waals surface area contributed by atoms with Gasteiger partial charge in [-0.15, -0.1) is 0 Å². The smallest absolute Gasteiger partial charge is 0.0969 e. The number of rotatable bonds is 3. The molecule has 0 saturated carbocycles. The van der Waals surface area contributed by atoms with E-state index in [4.69, 9.17) is 4.98 Å². The molecule has 0 atom stereocenters. The van der Waals surface area contributed by atoms with E-state index in [1.54, 1.807) is 0 Å². The van der Waals surface area contributed by atoms with E-state index >= 15 is 0 Å². The van der Waals surface area contributed by atoms with Crippen molar-refractivity contribution < 1.29 is 0 Å². The second kappa shape index (κ2) is 8.19. The number of hydrogen-bond donors (Lipinski definition) is 0. The first-order chi connectivity index (χ1) is 18.9. The first-order valence-electron chi connectivity index (χ1n) is 12.9. The lowest BCUT2D eigenvalue weighted by atomic mass is 9.96. The van der Waals surface area contributed by atoms with Gasteiger partial charge in [-0.3, -0.25) is 4.98 Å². The molecule has 5 aromatic carbocycles. The first-order valence-corrected chi connectivity index (χ1v) is 12.9. The van der Waals surface area contributed by atoms with Gasteiger partial charge < -0.3 is 9.13 Å². The lowest BCUT2D eigenvalue weighted by molar-refractivity contribution is 1.18. The highest BCUT2D eigenvalue weighted by Crippen LogP contribution is 2.43. The molecule has 3 heteroatoms. The van der Waals surface area contributed by atoms with Crippen molar-refractivity contribution in [3.8, 4) is 22.5 Å². The monoisotopic (exact) mass is 485 g/mol. The van der Waals surface area contributed by atoms with Gasteiger partial charge in [0, 0.05) is 33.7 Å². The fraction of sp³-hybridized carbons (Fsp3) is 0. The average Bonchev–Trinajstić information content (AvgIpc) is 3.51. The van der Waals surface area contributed by atoms with Crippen LogP contribution in [0.15, 0.2) is 140 Å². The molecule has 0 aliphatic heterocycles. The number of fused-ring (bicyclic) bond motifs is 6. The van der Waals surface area contributed by atoms with Crippen LogP contribution in [0.4, 0.5) is 0 Å². The van der Waals surface area contributed by atoms with Crippen molar-refractivity contribution in [2.75, 3.05) is 0 Å². The van der Waals surface area contributed by atoms with Crippen LogP contribution in [0.5, 0.6) is 0 Å². The summed E-state index contributed by atoms with van der Waals surface area (Å²) in [7, 11) is 0. The fourth-order valence-corrected chi connectivity index (χ4v) is 6.05. The third-order valence-corrected chi connectivity index (χ3v) is 7.56. The second-order valence-electron chi connectivity index (χ2n) is 9.63. The molecule has 178 valence electrons. The Morgan fingerprint density at radius 3 is 1.63 bits per heavy atom. The predicted octanol–water partition coefficient (Wildman–Crippen LogP) is 8.94. The quantitative estimate of drug-likeness (QED) is 0.245. The zero-order chi connectivity index (χ0) is 25.1. The molecule has 0 spiro atoms. The third-order valence-electron chi connectivity index (χ3n) is 7.56. The Kier molecular flexibility index (Phi) is 4.52. The van der Waals surface area contributed by atoms with E-state index in [1.165, 1.54) is 38.3 Å². The predicted molar refractivity (Wildman–Crippen MR) is 158 cm³/mol. The molecule has 0 fully saturated rings. The van der Waals surface area contributed by atoms with Gasteiger partial charge in [-0.1, -0.05) is 78.9 Å². The number of para-hydroxylation sites is 3. The van der Waals surface area contributed by atoms with Crippen molar-refractivity contribution in [1.29, 1.82) is 0 Å². The fourth-order valence-electron chi connectivity index (χ4n) is 6.05. The highest BCUT2D eigenvalue weighted by molar-refractivity contribution is 6.21. The molecule has 3 nitrogen and oxygen atoms in total. The molecule has 0 aliphatic carbocycles. The Bertz CT molecular complexity index is 1960. The van der Waals surface area contributed by atoms with Crippen LogP contribution < -0.4 is 0 Å². The van der Waals surface area contributed by atoms with Gasteiger partial charge in [0.2, 0.25) is 0 Å². The molecule has 0 unspecified atom stereocenters. The Morgan fingerprint density at radius 2 is 0.921 bits per heavy atom. The minimum atomic E-state index is 1.02. The maximum atomic E-state index is 4.91. The van der Waals surface area contributed by atoms with Gasteiger partial charge in [0.05, 0.1) is 27.6 Å². The summed E-state index contributed by atoms with van der Waals surface area (Å²) < 4.78 is 4.70. The zero-order valence-corrected chi connectivity index (χ0v) is 20.6. The van der Waals surface area contributed by atoms with E-state index in [2.05, 4.69) is 137 Å². The molecule has 8 rings (SSSR count). The minimum absolute atomic E-state index is 1.02. The zero-order valence-electron chi connectivity index (χ0n) is 20.6. The van der Waals surface area contributed by atoms with Crippen molar-refractivity contribution in [3.63, 3.8) is 0 Å². The Balaban J connectivity index is 1.52. The normalized spacial score (nSPS) is 11.7. The molecule has 38 heavy (non-hydrogen) atoms. The van der Waals surface area contributed by atoms with Crippen molar-refractivity contribution in [3.05, 3.63) is 140 Å². The molecule has 0 aliphatic rings. The van der Waals surface area contributed by atoms with E-state index in [0.29, 0.717) is 0 Å². The summed E-state index contributed by atoms with van der Waals surface area (Å²) in [6.45, 7) is 0. The summed E-state index contributed by atoms with van der Waals surface area (Å²) in [5, 5.41) is 3.69. The highest BCUT2D eigenvalue weighted by Gasteiger charge is 2.20. The van der Waals surface area contributed by atoms with E-state index < -0.39 is 0 Å². The minimum Gasteiger partial charge on any atom is -0.309 e. The van der Waals surface area contributed by atoms with E-state index in [-0.39, 0.29) is 0 Å². The lowest BCUT2D eigenvalue weighted by Crippen LogP contribution is -1.93. The summed E-state index contributed by atoms with van der Waals surface area (Å²) in [6.07, 6.45) is 1.90. The van der Waals surface area contributed by atoms with Crippen LogP contribution in [0.1, 0.15) is 0 Å². The van der Waals surface area contributed by atoms with Crippen LogP contribution in [0, 0.1) is 0 Å². The van der Waals surface area contributed by atoms with Crippen LogP contribution in [0.2, 0.25) is 0 Å². The molecular formula is C35H23N3. The SMILES string of the molecule is c1ccc(-n2c3ccccc3c3c(-c4cccc5c4c4ncccc4n5-c4ccccc4)cccc32)cc1. The maximum absolute atomic E-state index is 4.91. The van der Waals surface area contributed by atoms with E-state index in [9.17, 15) is 0 Å². The molecule has 0 N–H and O–H groups in total. The third kappa shape index (κ3) is 2.93. The lowest BCUT2D eigenvalue weighted by Gasteiger charge is -2.10. The first kappa shape index (κ1) is 21.0. The van der Waals surface area contributed by atoms with Crippen LogP contribution in [0.3, 0.4) is 0 Å². The standard InChI is InChI=1S/C35H23N3/c1-3-12-24(13-4-1)37-29-19-8-7-16-28(29)33-26(17-9-20-30(33)37)27-18-10-21-31-34(27)35-32(22-11-23-36-35)38(31)25-14-5-2-6-15-25/h1-23H. The van der Waals surface area contributed by atoms with Gasteiger partial charge in [-0.25, -0.2) is 0 Å². The number of aromatic nitrogens is 3. The number of nitrogens with zero attached hydrogens (tertiary/aromatic N) is 3. The van der Waals surface area contributed by atoms with Crippen LogP contribution >= 0.6 is 0 Å².